The van der Waals surface area contributed by atoms with Crippen LogP contribution >= 0.6 is 0 Å². The SMILES string of the molecule is Cc1cn2cc(C(=N)N)cc(F)c2n1. The van der Waals surface area contributed by atoms with Gasteiger partial charge in [0.05, 0.1) is 5.69 Å². The van der Waals surface area contributed by atoms with E-state index in [0.717, 1.165) is 5.69 Å². The summed E-state index contributed by atoms with van der Waals surface area (Å²) in [5.41, 5.74) is 6.60. The van der Waals surface area contributed by atoms with Crippen molar-refractivity contribution in [3.05, 3.63) is 35.5 Å². The molecule has 0 saturated heterocycles. The first kappa shape index (κ1) is 8.68. The molecule has 2 aromatic rings. The maximum Gasteiger partial charge on any atom is 0.173 e. The minimum absolute atomic E-state index is 0.155. The van der Waals surface area contributed by atoms with Crippen molar-refractivity contribution in [3.63, 3.8) is 0 Å². The molecule has 72 valence electrons. The van der Waals surface area contributed by atoms with Gasteiger partial charge < -0.3 is 10.1 Å². The van der Waals surface area contributed by atoms with Gasteiger partial charge in [-0.25, -0.2) is 9.37 Å². The minimum Gasteiger partial charge on any atom is -0.384 e. The van der Waals surface area contributed by atoms with Crippen LogP contribution < -0.4 is 5.73 Å². The van der Waals surface area contributed by atoms with Gasteiger partial charge in [-0.05, 0) is 13.0 Å². The third kappa shape index (κ3) is 1.22. The highest BCUT2D eigenvalue weighted by Gasteiger charge is 2.07. The average Bonchev–Trinajstić information content (AvgIpc) is 2.45. The third-order valence-electron chi connectivity index (χ3n) is 1.94. The monoisotopic (exact) mass is 192 g/mol. The molecule has 2 aromatic heterocycles. The molecule has 0 unspecified atom stereocenters. The largest absolute Gasteiger partial charge is 0.384 e. The van der Waals surface area contributed by atoms with Crippen LogP contribution in [-0.4, -0.2) is 15.2 Å². The second-order valence-electron chi connectivity index (χ2n) is 3.10. The minimum atomic E-state index is -0.467. The smallest absolute Gasteiger partial charge is 0.173 e. The fourth-order valence-corrected chi connectivity index (χ4v) is 1.33. The zero-order valence-corrected chi connectivity index (χ0v) is 7.58. The van der Waals surface area contributed by atoms with Crippen molar-refractivity contribution < 1.29 is 4.39 Å². The van der Waals surface area contributed by atoms with Crippen LogP contribution in [0.15, 0.2) is 18.5 Å². The average molecular weight is 192 g/mol. The summed E-state index contributed by atoms with van der Waals surface area (Å²) >= 11 is 0. The molecule has 2 heterocycles. The van der Waals surface area contributed by atoms with Gasteiger partial charge in [0.15, 0.2) is 11.5 Å². The van der Waals surface area contributed by atoms with Gasteiger partial charge >= 0.3 is 0 Å². The first-order chi connectivity index (χ1) is 6.58. The van der Waals surface area contributed by atoms with Crippen molar-refractivity contribution in [3.8, 4) is 0 Å². The number of pyridine rings is 1. The number of nitrogen functional groups attached to an aromatic ring is 1. The Morgan fingerprint density at radius 2 is 2.29 bits per heavy atom. The molecule has 0 atom stereocenters. The van der Waals surface area contributed by atoms with Gasteiger partial charge in [0.2, 0.25) is 0 Å². The predicted molar refractivity (Wildman–Crippen MR) is 50.9 cm³/mol. The maximum atomic E-state index is 13.4. The lowest BCUT2D eigenvalue weighted by Gasteiger charge is -2.00. The molecule has 0 aromatic carbocycles. The predicted octanol–water partition coefficient (Wildman–Crippen LogP) is 1.07. The Hall–Kier alpha value is -1.91. The number of nitrogens with zero attached hydrogens (tertiary/aromatic N) is 2. The Kier molecular flexibility index (Phi) is 1.73. The Morgan fingerprint density at radius 1 is 1.57 bits per heavy atom. The Morgan fingerprint density at radius 3 is 2.93 bits per heavy atom. The van der Waals surface area contributed by atoms with Crippen LogP contribution in [0.5, 0.6) is 0 Å². The van der Waals surface area contributed by atoms with E-state index >= 15 is 0 Å². The van der Waals surface area contributed by atoms with Crippen molar-refractivity contribution in [2.75, 3.05) is 0 Å². The molecule has 0 radical (unpaired) electrons. The van der Waals surface area contributed by atoms with Crippen LogP contribution in [0.25, 0.3) is 5.65 Å². The van der Waals surface area contributed by atoms with E-state index in [0.29, 0.717) is 5.56 Å². The van der Waals surface area contributed by atoms with Crippen molar-refractivity contribution >= 4 is 11.5 Å². The normalized spacial score (nSPS) is 10.7. The van der Waals surface area contributed by atoms with E-state index < -0.39 is 5.82 Å². The van der Waals surface area contributed by atoms with Crippen LogP contribution in [-0.2, 0) is 0 Å². The summed E-state index contributed by atoms with van der Waals surface area (Å²) in [6.07, 6.45) is 3.27. The van der Waals surface area contributed by atoms with Crippen LogP contribution in [0.2, 0.25) is 0 Å². The number of halogens is 1. The van der Waals surface area contributed by atoms with E-state index in [1.54, 1.807) is 19.3 Å². The first-order valence-electron chi connectivity index (χ1n) is 4.07. The molecule has 14 heavy (non-hydrogen) atoms. The fraction of sp³-hybridized carbons (Fsp3) is 0.111. The molecule has 4 nitrogen and oxygen atoms in total. The summed E-state index contributed by atoms with van der Waals surface area (Å²) in [5, 5.41) is 7.19. The zero-order valence-electron chi connectivity index (χ0n) is 7.58. The summed E-state index contributed by atoms with van der Waals surface area (Å²) in [6, 6.07) is 1.21. The van der Waals surface area contributed by atoms with Gasteiger partial charge in [-0.1, -0.05) is 0 Å². The molecule has 0 bridgehead atoms. The van der Waals surface area contributed by atoms with Crippen LogP contribution in [0.4, 0.5) is 4.39 Å². The van der Waals surface area contributed by atoms with E-state index in [2.05, 4.69) is 4.98 Å². The second-order valence-corrected chi connectivity index (χ2v) is 3.10. The van der Waals surface area contributed by atoms with E-state index in [1.165, 1.54) is 10.5 Å². The summed E-state index contributed by atoms with van der Waals surface area (Å²) in [6.45, 7) is 1.78. The first-order valence-corrected chi connectivity index (χ1v) is 4.07. The van der Waals surface area contributed by atoms with E-state index in [4.69, 9.17) is 11.1 Å². The quantitative estimate of drug-likeness (QED) is 0.524. The van der Waals surface area contributed by atoms with Crippen LogP contribution in [0.1, 0.15) is 11.3 Å². The van der Waals surface area contributed by atoms with Crippen molar-refractivity contribution in [1.82, 2.24) is 9.38 Å². The van der Waals surface area contributed by atoms with Gasteiger partial charge in [0, 0.05) is 18.0 Å². The van der Waals surface area contributed by atoms with Gasteiger partial charge in [0.25, 0.3) is 0 Å². The van der Waals surface area contributed by atoms with Crippen molar-refractivity contribution in [2.24, 2.45) is 5.73 Å². The molecule has 0 aliphatic carbocycles. The highest BCUT2D eigenvalue weighted by Crippen LogP contribution is 2.11. The number of imidazole rings is 1. The molecule has 0 aliphatic rings. The molecular weight excluding hydrogens is 183 g/mol. The van der Waals surface area contributed by atoms with Gasteiger partial charge in [-0.15, -0.1) is 0 Å². The Labute approximate surface area is 79.7 Å². The number of fused-ring (bicyclic) bond motifs is 1. The molecule has 0 spiro atoms. The highest BCUT2D eigenvalue weighted by atomic mass is 19.1. The summed E-state index contributed by atoms with van der Waals surface area (Å²) < 4.78 is 14.9. The Bertz CT molecular complexity index is 515. The molecule has 0 amide bonds. The van der Waals surface area contributed by atoms with Gasteiger partial charge in [-0.2, -0.15) is 0 Å². The van der Waals surface area contributed by atoms with E-state index in [-0.39, 0.29) is 11.5 Å². The maximum absolute atomic E-state index is 13.4. The number of hydrogen-bond donors (Lipinski definition) is 2. The molecule has 5 heteroatoms. The molecule has 3 N–H and O–H groups in total. The molecule has 0 aliphatic heterocycles. The topological polar surface area (TPSA) is 67.2 Å². The number of nitrogens with two attached hydrogens (primary N) is 1. The van der Waals surface area contributed by atoms with Gasteiger partial charge in [-0.3, -0.25) is 5.41 Å². The third-order valence-corrected chi connectivity index (χ3v) is 1.94. The number of aryl methyl sites for hydroxylation is 1. The molecule has 2 rings (SSSR count). The van der Waals surface area contributed by atoms with Crippen LogP contribution in [0.3, 0.4) is 0 Å². The number of aromatic nitrogens is 2. The molecular formula is C9H9FN4. The van der Waals surface area contributed by atoms with Crippen molar-refractivity contribution in [1.29, 1.82) is 5.41 Å². The number of rotatable bonds is 1. The molecule has 0 saturated carbocycles. The Balaban J connectivity index is 2.77. The standard InChI is InChI=1S/C9H9FN4/c1-5-3-14-4-6(8(11)12)2-7(10)9(14)13-5/h2-4H,1H3,(H3,11,12). The van der Waals surface area contributed by atoms with Crippen molar-refractivity contribution in [2.45, 2.75) is 6.92 Å². The lowest BCUT2D eigenvalue weighted by Crippen LogP contribution is -2.12. The fourth-order valence-electron chi connectivity index (χ4n) is 1.33. The molecule has 0 fully saturated rings. The number of amidine groups is 1. The summed E-state index contributed by atoms with van der Waals surface area (Å²) in [5.74, 6) is -0.622. The number of hydrogen-bond acceptors (Lipinski definition) is 2. The van der Waals surface area contributed by atoms with E-state index in [1.807, 2.05) is 0 Å². The lowest BCUT2D eigenvalue weighted by molar-refractivity contribution is 0.629. The van der Waals surface area contributed by atoms with E-state index in [9.17, 15) is 4.39 Å². The number of nitrogens with one attached hydrogen (secondary N) is 1. The van der Waals surface area contributed by atoms with Gasteiger partial charge in [0.1, 0.15) is 5.84 Å². The van der Waals surface area contributed by atoms with Crippen LogP contribution in [0, 0.1) is 18.2 Å². The summed E-state index contributed by atoms with van der Waals surface area (Å²) in [4.78, 5) is 3.99. The lowest BCUT2D eigenvalue weighted by atomic mass is 10.2. The zero-order chi connectivity index (χ0) is 10.3. The second kappa shape index (κ2) is 2.80. The summed E-state index contributed by atoms with van der Waals surface area (Å²) in [7, 11) is 0. The highest BCUT2D eigenvalue weighted by molar-refractivity contribution is 5.94.